The lowest BCUT2D eigenvalue weighted by Gasteiger charge is -2.43. The minimum absolute atomic E-state index is 0.136. The van der Waals surface area contributed by atoms with Crippen LogP contribution in [0.5, 0.6) is 0 Å². The summed E-state index contributed by atoms with van der Waals surface area (Å²) in [6.45, 7) is 9.62. The van der Waals surface area contributed by atoms with Gasteiger partial charge in [0, 0.05) is 45.1 Å². The van der Waals surface area contributed by atoms with Crippen LogP contribution in [0.1, 0.15) is 45.4 Å². The van der Waals surface area contributed by atoms with E-state index in [4.69, 9.17) is 0 Å². The summed E-state index contributed by atoms with van der Waals surface area (Å²) >= 11 is 0. The van der Waals surface area contributed by atoms with E-state index in [9.17, 15) is 4.79 Å². The Morgan fingerprint density at radius 2 is 2.00 bits per heavy atom. The Labute approximate surface area is 158 Å². The van der Waals surface area contributed by atoms with Crippen LogP contribution in [0.2, 0.25) is 0 Å². The van der Waals surface area contributed by atoms with Crippen LogP contribution in [0.25, 0.3) is 0 Å². The third-order valence-electron chi connectivity index (χ3n) is 6.22. The highest BCUT2D eigenvalue weighted by Crippen LogP contribution is 2.25. The van der Waals surface area contributed by atoms with Gasteiger partial charge in [-0.3, -0.25) is 9.69 Å². The lowest BCUT2D eigenvalue weighted by molar-refractivity contribution is -0.137. The van der Waals surface area contributed by atoms with Crippen molar-refractivity contribution in [3.8, 4) is 0 Å². The Bertz CT molecular complexity index is 591. The number of hydrogen-bond acceptors (Lipinski definition) is 4. The molecule has 26 heavy (non-hydrogen) atoms. The molecule has 0 saturated carbocycles. The Hall–Kier alpha value is -1.40. The second-order valence-electron chi connectivity index (χ2n) is 8.34. The molecule has 6 heteroatoms. The molecule has 0 aromatic carbocycles. The number of likely N-dealkylation sites (tertiary alicyclic amines) is 2. The van der Waals surface area contributed by atoms with E-state index in [-0.39, 0.29) is 11.8 Å². The molecule has 2 saturated heterocycles. The molecule has 0 aliphatic carbocycles. The zero-order chi connectivity index (χ0) is 18.7. The lowest BCUT2D eigenvalue weighted by Crippen LogP contribution is -2.51. The summed E-state index contributed by atoms with van der Waals surface area (Å²) in [7, 11) is 3.89. The predicted molar refractivity (Wildman–Crippen MR) is 104 cm³/mol. The van der Waals surface area contributed by atoms with Gasteiger partial charge in [-0.05, 0) is 59.2 Å². The van der Waals surface area contributed by atoms with E-state index in [0.717, 1.165) is 31.8 Å². The van der Waals surface area contributed by atoms with E-state index in [1.165, 1.54) is 25.9 Å². The molecule has 0 radical (unpaired) electrons. The van der Waals surface area contributed by atoms with E-state index in [1.807, 2.05) is 29.8 Å². The first-order valence-electron chi connectivity index (χ1n) is 10.1. The van der Waals surface area contributed by atoms with Crippen molar-refractivity contribution in [2.24, 2.45) is 13.0 Å². The number of hydrogen-bond donors (Lipinski definition) is 0. The fourth-order valence-corrected chi connectivity index (χ4v) is 4.46. The van der Waals surface area contributed by atoms with Crippen molar-refractivity contribution in [2.75, 3.05) is 33.2 Å². The average Bonchev–Trinajstić information content (AvgIpc) is 3.06. The molecule has 2 fully saturated rings. The van der Waals surface area contributed by atoms with Gasteiger partial charge in [-0.1, -0.05) is 0 Å². The fraction of sp³-hybridized carbons (Fsp3) is 0.800. The standard InChI is InChI=1S/C20H35N5O/c1-16(2)24-11-7-18(8-12-24)25-10-5-6-17(14-25)20(26)23(4)15-19-21-9-13-22(19)3/h9,13,16-18H,5-8,10-12,14-15H2,1-4H3. The van der Waals surface area contributed by atoms with E-state index in [2.05, 4.69) is 28.6 Å². The van der Waals surface area contributed by atoms with Gasteiger partial charge in [-0.25, -0.2) is 4.98 Å². The van der Waals surface area contributed by atoms with E-state index in [0.29, 0.717) is 18.6 Å². The van der Waals surface area contributed by atoms with E-state index < -0.39 is 0 Å². The number of amides is 1. The molecule has 3 rings (SSSR count). The third kappa shape index (κ3) is 4.46. The quantitative estimate of drug-likeness (QED) is 0.804. The number of aryl methyl sites for hydroxylation is 1. The van der Waals surface area contributed by atoms with E-state index >= 15 is 0 Å². The Morgan fingerprint density at radius 3 is 2.62 bits per heavy atom. The van der Waals surface area contributed by atoms with Gasteiger partial charge in [-0.2, -0.15) is 0 Å². The van der Waals surface area contributed by atoms with Crippen LogP contribution in [-0.2, 0) is 18.4 Å². The summed E-state index contributed by atoms with van der Waals surface area (Å²) in [5.74, 6) is 1.35. The molecular weight excluding hydrogens is 326 g/mol. The highest BCUT2D eigenvalue weighted by Gasteiger charge is 2.33. The van der Waals surface area contributed by atoms with Gasteiger partial charge in [0.15, 0.2) is 0 Å². The summed E-state index contributed by atoms with van der Waals surface area (Å²) < 4.78 is 1.99. The molecule has 6 nitrogen and oxygen atoms in total. The zero-order valence-electron chi connectivity index (χ0n) is 16.9. The monoisotopic (exact) mass is 361 g/mol. The summed E-state index contributed by atoms with van der Waals surface area (Å²) in [6.07, 6.45) is 8.35. The molecule has 3 heterocycles. The summed E-state index contributed by atoms with van der Waals surface area (Å²) in [6, 6.07) is 1.30. The molecule has 1 amide bonds. The van der Waals surface area contributed by atoms with Crippen LogP contribution in [-0.4, -0.2) is 75.5 Å². The third-order valence-corrected chi connectivity index (χ3v) is 6.22. The number of nitrogens with zero attached hydrogens (tertiary/aromatic N) is 5. The topological polar surface area (TPSA) is 44.6 Å². The fourth-order valence-electron chi connectivity index (χ4n) is 4.46. The first kappa shape index (κ1) is 19.4. The number of rotatable bonds is 5. The first-order chi connectivity index (χ1) is 12.5. The summed E-state index contributed by atoms with van der Waals surface area (Å²) in [5.41, 5.74) is 0. The molecular formula is C20H35N5O. The number of carbonyl (C=O) groups is 1. The van der Waals surface area contributed by atoms with Crippen LogP contribution in [0.15, 0.2) is 12.4 Å². The molecule has 1 atom stereocenters. The van der Waals surface area contributed by atoms with Gasteiger partial charge in [0.1, 0.15) is 5.82 Å². The van der Waals surface area contributed by atoms with Crippen LogP contribution >= 0.6 is 0 Å². The SMILES string of the molecule is CC(C)N1CCC(N2CCCC(C(=O)N(C)Cc3nccn3C)C2)CC1. The maximum absolute atomic E-state index is 13.0. The van der Waals surface area contributed by atoms with Crippen molar-refractivity contribution < 1.29 is 4.79 Å². The van der Waals surface area contributed by atoms with Crippen molar-refractivity contribution in [3.05, 3.63) is 18.2 Å². The predicted octanol–water partition coefficient (Wildman–Crippen LogP) is 1.96. The van der Waals surface area contributed by atoms with Crippen molar-refractivity contribution in [3.63, 3.8) is 0 Å². The van der Waals surface area contributed by atoms with Crippen LogP contribution in [0.4, 0.5) is 0 Å². The maximum atomic E-state index is 13.0. The number of carbonyl (C=O) groups excluding carboxylic acids is 1. The molecule has 0 spiro atoms. The molecule has 146 valence electrons. The molecule has 0 N–H and O–H groups in total. The Morgan fingerprint density at radius 1 is 1.27 bits per heavy atom. The van der Waals surface area contributed by atoms with Crippen LogP contribution in [0, 0.1) is 5.92 Å². The Kier molecular flexibility index (Phi) is 6.35. The van der Waals surface area contributed by atoms with Crippen LogP contribution in [0.3, 0.4) is 0 Å². The average molecular weight is 362 g/mol. The smallest absolute Gasteiger partial charge is 0.227 e. The highest BCUT2D eigenvalue weighted by molar-refractivity contribution is 5.78. The van der Waals surface area contributed by atoms with Gasteiger partial charge in [0.05, 0.1) is 12.5 Å². The molecule has 1 aromatic rings. The van der Waals surface area contributed by atoms with Crippen LogP contribution < -0.4 is 0 Å². The van der Waals surface area contributed by atoms with Crippen molar-refractivity contribution in [1.82, 2.24) is 24.3 Å². The van der Waals surface area contributed by atoms with Gasteiger partial charge in [0.2, 0.25) is 5.91 Å². The van der Waals surface area contributed by atoms with Crippen molar-refractivity contribution in [1.29, 1.82) is 0 Å². The Balaban J connectivity index is 1.53. The lowest BCUT2D eigenvalue weighted by atomic mass is 9.92. The summed E-state index contributed by atoms with van der Waals surface area (Å²) in [4.78, 5) is 24.3. The van der Waals surface area contributed by atoms with Crippen molar-refractivity contribution in [2.45, 2.75) is 58.2 Å². The molecule has 2 aliphatic rings. The van der Waals surface area contributed by atoms with E-state index in [1.54, 1.807) is 6.20 Å². The second kappa shape index (κ2) is 8.53. The largest absolute Gasteiger partial charge is 0.338 e. The molecule has 0 bridgehead atoms. The maximum Gasteiger partial charge on any atom is 0.227 e. The number of piperidine rings is 2. The van der Waals surface area contributed by atoms with Gasteiger partial charge < -0.3 is 14.4 Å². The minimum atomic E-state index is 0.136. The minimum Gasteiger partial charge on any atom is -0.338 e. The first-order valence-corrected chi connectivity index (χ1v) is 10.1. The van der Waals surface area contributed by atoms with Gasteiger partial charge >= 0.3 is 0 Å². The highest BCUT2D eigenvalue weighted by atomic mass is 16.2. The van der Waals surface area contributed by atoms with Gasteiger partial charge in [0.25, 0.3) is 0 Å². The number of aromatic nitrogens is 2. The molecule has 2 aliphatic heterocycles. The second-order valence-corrected chi connectivity index (χ2v) is 8.34. The summed E-state index contributed by atoms with van der Waals surface area (Å²) in [5, 5.41) is 0. The molecule has 1 unspecified atom stereocenters. The van der Waals surface area contributed by atoms with Gasteiger partial charge in [-0.15, -0.1) is 0 Å². The zero-order valence-corrected chi connectivity index (χ0v) is 16.9. The molecule has 1 aromatic heterocycles. The van der Waals surface area contributed by atoms with Crippen molar-refractivity contribution >= 4 is 5.91 Å². The normalized spacial score (nSPS) is 23.5. The number of imidazole rings is 1.